The first-order valence-corrected chi connectivity index (χ1v) is 4.47. The molecule has 12 heavy (non-hydrogen) atoms. The molecule has 0 heterocycles. The predicted octanol–water partition coefficient (Wildman–Crippen LogP) is 3.46. The zero-order valence-corrected chi connectivity index (χ0v) is 7.87. The molecule has 0 fully saturated rings. The van der Waals surface area contributed by atoms with Gasteiger partial charge in [-0.1, -0.05) is 11.6 Å². The van der Waals surface area contributed by atoms with Crippen molar-refractivity contribution in [2.45, 2.75) is 6.42 Å². The lowest BCUT2D eigenvalue weighted by molar-refractivity contribution is 0.613. The Morgan fingerprint density at radius 3 is 2.83 bits per heavy atom. The van der Waals surface area contributed by atoms with Gasteiger partial charge in [-0.15, -0.1) is 11.6 Å². The van der Waals surface area contributed by atoms with Gasteiger partial charge in [-0.3, -0.25) is 0 Å². The SMILES string of the molecule is Fc1ccc(Cl)cc1C[CH]CCl. The Labute approximate surface area is 81.3 Å². The molecule has 0 saturated heterocycles. The zero-order valence-electron chi connectivity index (χ0n) is 6.36. The highest BCUT2D eigenvalue weighted by Gasteiger charge is 2.01. The summed E-state index contributed by atoms with van der Waals surface area (Å²) in [5.74, 6) is 0.187. The smallest absolute Gasteiger partial charge is 0.126 e. The fourth-order valence-corrected chi connectivity index (χ4v) is 1.21. The maximum absolute atomic E-state index is 13.0. The van der Waals surface area contributed by atoms with Gasteiger partial charge in [0.1, 0.15) is 5.82 Å². The minimum atomic E-state index is -0.235. The first kappa shape index (κ1) is 9.82. The Morgan fingerprint density at radius 2 is 2.17 bits per heavy atom. The van der Waals surface area contributed by atoms with Crippen LogP contribution < -0.4 is 0 Å². The molecule has 1 radical (unpaired) electrons. The number of benzene rings is 1. The summed E-state index contributed by atoms with van der Waals surface area (Å²) < 4.78 is 13.0. The Morgan fingerprint density at radius 1 is 1.42 bits per heavy atom. The molecular weight excluding hydrogens is 198 g/mol. The molecule has 0 aliphatic rings. The average molecular weight is 206 g/mol. The standard InChI is InChI=1S/C9H8Cl2F/c10-5-1-2-7-6-8(11)3-4-9(7)12/h1,3-4,6H,2,5H2. The fourth-order valence-electron chi connectivity index (χ4n) is 0.910. The molecule has 1 rings (SSSR count). The molecule has 0 N–H and O–H groups in total. The summed E-state index contributed by atoms with van der Waals surface area (Å²) in [6.45, 7) is 0. The van der Waals surface area contributed by atoms with Gasteiger partial charge in [0.05, 0.1) is 0 Å². The maximum Gasteiger partial charge on any atom is 0.126 e. The number of hydrogen-bond donors (Lipinski definition) is 0. The number of alkyl halides is 1. The fraction of sp³-hybridized carbons (Fsp3) is 0.222. The quantitative estimate of drug-likeness (QED) is 0.664. The molecule has 1 aromatic carbocycles. The van der Waals surface area contributed by atoms with E-state index in [4.69, 9.17) is 23.2 Å². The molecule has 0 aromatic heterocycles. The summed E-state index contributed by atoms with van der Waals surface area (Å²) in [5, 5.41) is 0.550. The summed E-state index contributed by atoms with van der Waals surface area (Å²) in [4.78, 5) is 0. The Bertz CT molecular complexity index is 261. The third kappa shape index (κ3) is 2.65. The van der Waals surface area contributed by atoms with E-state index in [2.05, 4.69) is 0 Å². The second-order valence-electron chi connectivity index (χ2n) is 2.38. The van der Waals surface area contributed by atoms with Crippen LogP contribution in [0.4, 0.5) is 4.39 Å². The first-order valence-electron chi connectivity index (χ1n) is 3.55. The van der Waals surface area contributed by atoms with Crippen molar-refractivity contribution in [1.82, 2.24) is 0 Å². The van der Waals surface area contributed by atoms with Gasteiger partial charge >= 0.3 is 0 Å². The summed E-state index contributed by atoms with van der Waals surface area (Å²) in [5.41, 5.74) is 0.586. The lowest BCUT2D eigenvalue weighted by Crippen LogP contribution is -1.91. The van der Waals surface area contributed by atoms with Gasteiger partial charge in [0.25, 0.3) is 0 Å². The van der Waals surface area contributed by atoms with Crippen LogP contribution in [0.5, 0.6) is 0 Å². The largest absolute Gasteiger partial charge is 0.207 e. The molecule has 0 saturated carbocycles. The van der Waals surface area contributed by atoms with Crippen LogP contribution in [-0.4, -0.2) is 5.88 Å². The van der Waals surface area contributed by atoms with E-state index in [1.807, 2.05) is 0 Å². The molecule has 3 heteroatoms. The topological polar surface area (TPSA) is 0 Å². The van der Waals surface area contributed by atoms with Gasteiger partial charge in [0.2, 0.25) is 0 Å². The van der Waals surface area contributed by atoms with E-state index in [9.17, 15) is 4.39 Å². The normalized spacial score (nSPS) is 10.2. The van der Waals surface area contributed by atoms with Crippen LogP contribution in [0.15, 0.2) is 18.2 Å². The maximum atomic E-state index is 13.0. The van der Waals surface area contributed by atoms with Crippen molar-refractivity contribution < 1.29 is 4.39 Å². The molecule has 65 valence electrons. The van der Waals surface area contributed by atoms with Crippen LogP contribution in [0, 0.1) is 12.2 Å². The molecule has 0 spiro atoms. The van der Waals surface area contributed by atoms with Crippen molar-refractivity contribution in [1.29, 1.82) is 0 Å². The lowest BCUT2D eigenvalue weighted by atomic mass is 10.1. The highest BCUT2D eigenvalue weighted by molar-refractivity contribution is 6.30. The zero-order chi connectivity index (χ0) is 8.97. The van der Waals surface area contributed by atoms with E-state index in [0.29, 0.717) is 22.9 Å². The van der Waals surface area contributed by atoms with Crippen molar-refractivity contribution in [2.75, 3.05) is 5.88 Å². The molecule has 1 aromatic rings. The molecule has 0 atom stereocenters. The third-order valence-corrected chi connectivity index (χ3v) is 1.93. The van der Waals surface area contributed by atoms with E-state index >= 15 is 0 Å². The van der Waals surface area contributed by atoms with E-state index in [0.717, 1.165) is 0 Å². The summed E-state index contributed by atoms with van der Waals surface area (Å²) in [6.07, 6.45) is 2.31. The Balaban J connectivity index is 2.75. The van der Waals surface area contributed by atoms with E-state index < -0.39 is 0 Å². The molecule has 0 nitrogen and oxygen atoms in total. The molecule has 0 unspecified atom stereocenters. The minimum Gasteiger partial charge on any atom is -0.207 e. The first-order chi connectivity index (χ1) is 5.74. The highest BCUT2D eigenvalue weighted by Crippen LogP contribution is 2.16. The van der Waals surface area contributed by atoms with Gasteiger partial charge in [-0.05, 0) is 36.6 Å². The van der Waals surface area contributed by atoms with Crippen LogP contribution in [0.2, 0.25) is 5.02 Å². The number of hydrogen-bond acceptors (Lipinski definition) is 0. The third-order valence-electron chi connectivity index (χ3n) is 1.48. The van der Waals surface area contributed by atoms with E-state index in [1.54, 1.807) is 12.5 Å². The summed E-state index contributed by atoms with van der Waals surface area (Å²) >= 11 is 11.1. The molecule has 0 aliphatic heterocycles. The second-order valence-corrected chi connectivity index (χ2v) is 3.13. The minimum absolute atomic E-state index is 0.235. The molecule has 0 aliphatic carbocycles. The van der Waals surface area contributed by atoms with Crippen LogP contribution in [0.1, 0.15) is 5.56 Å². The second kappa shape index (κ2) is 4.68. The van der Waals surface area contributed by atoms with Crippen molar-refractivity contribution in [3.63, 3.8) is 0 Å². The van der Waals surface area contributed by atoms with Crippen LogP contribution in [0.3, 0.4) is 0 Å². The van der Waals surface area contributed by atoms with Gasteiger partial charge < -0.3 is 0 Å². The number of halogens is 3. The lowest BCUT2D eigenvalue weighted by Gasteiger charge is -2.01. The Kier molecular flexibility index (Phi) is 3.83. The van der Waals surface area contributed by atoms with Gasteiger partial charge in [0, 0.05) is 10.9 Å². The Hall–Kier alpha value is -0.270. The van der Waals surface area contributed by atoms with Gasteiger partial charge in [-0.25, -0.2) is 4.39 Å². The van der Waals surface area contributed by atoms with Crippen LogP contribution >= 0.6 is 23.2 Å². The number of rotatable bonds is 3. The monoisotopic (exact) mass is 205 g/mol. The molecule has 0 amide bonds. The van der Waals surface area contributed by atoms with E-state index in [-0.39, 0.29) is 5.82 Å². The molecule has 0 bridgehead atoms. The summed E-state index contributed by atoms with van der Waals surface area (Å²) in [7, 11) is 0. The van der Waals surface area contributed by atoms with Gasteiger partial charge in [-0.2, -0.15) is 0 Å². The van der Waals surface area contributed by atoms with Crippen LogP contribution in [-0.2, 0) is 6.42 Å². The van der Waals surface area contributed by atoms with Crippen molar-refractivity contribution >= 4 is 23.2 Å². The van der Waals surface area contributed by atoms with Crippen molar-refractivity contribution in [3.8, 4) is 0 Å². The highest BCUT2D eigenvalue weighted by atomic mass is 35.5. The van der Waals surface area contributed by atoms with Gasteiger partial charge in [0.15, 0.2) is 0 Å². The predicted molar refractivity (Wildman–Crippen MR) is 50.1 cm³/mol. The van der Waals surface area contributed by atoms with Crippen molar-refractivity contribution in [2.24, 2.45) is 0 Å². The van der Waals surface area contributed by atoms with E-state index in [1.165, 1.54) is 12.1 Å². The summed E-state index contributed by atoms with van der Waals surface area (Å²) in [6, 6.07) is 4.50. The average Bonchev–Trinajstić information content (AvgIpc) is 2.07. The molecular formula is C9H8Cl2F. The van der Waals surface area contributed by atoms with Crippen LogP contribution in [0.25, 0.3) is 0 Å². The van der Waals surface area contributed by atoms with Crippen molar-refractivity contribution in [3.05, 3.63) is 41.0 Å².